The van der Waals surface area contributed by atoms with E-state index >= 15 is 0 Å². The lowest BCUT2D eigenvalue weighted by Gasteiger charge is -2.39. The molecule has 2 fully saturated rings. The van der Waals surface area contributed by atoms with Crippen LogP contribution >= 0.6 is 0 Å². The Morgan fingerprint density at radius 1 is 1.12 bits per heavy atom. The van der Waals surface area contributed by atoms with Gasteiger partial charge in [-0.15, -0.1) is 0 Å². The molecule has 7 nitrogen and oxygen atoms in total. The number of nitrogens with one attached hydrogen (secondary N) is 1. The third kappa shape index (κ3) is 4.09. The Hall–Kier alpha value is -1.48. The number of likely N-dealkylation sites (tertiary alicyclic amines) is 1. The van der Waals surface area contributed by atoms with E-state index < -0.39 is 21.9 Å². The van der Waals surface area contributed by atoms with Gasteiger partial charge in [-0.1, -0.05) is 32.0 Å². The monoisotopic (exact) mass is 382 g/mol. The van der Waals surface area contributed by atoms with Gasteiger partial charge >= 0.3 is 0 Å². The SMILES string of the molecule is CC(C)[C@@H](NS(=O)(=O)c1ccccc1)C(=O)N1CCC2(CC1)OCCO2. The Balaban J connectivity index is 1.69. The summed E-state index contributed by atoms with van der Waals surface area (Å²) in [4.78, 5) is 14.8. The molecule has 26 heavy (non-hydrogen) atoms. The molecule has 0 aromatic heterocycles. The van der Waals surface area contributed by atoms with Crippen molar-refractivity contribution in [3.05, 3.63) is 30.3 Å². The van der Waals surface area contributed by atoms with Crippen LogP contribution in [-0.4, -0.2) is 57.4 Å². The summed E-state index contributed by atoms with van der Waals surface area (Å²) in [5.74, 6) is -0.934. The standard InChI is InChI=1S/C18H26N2O5S/c1-14(2)16(19-26(22,23)15-6-4-3-5-7-15)17(21)20-10-8-18(9-11-20)24-12-13-25-18/h3-7,14,16,19H,8-13H2,1-2H3/t16-/m1/s1. The lowest BCUT2D eigenvalue weighted by atomic mass is 9.99. The van der Waals surface area contributed by atoms with Gasteiger partial charge in [0.05, 0.1) is 18.1 Å². The molecule has 1 atom stereocenters. The molecule has 1 spiro atoms. The van der Waals surface area contributed by atoms with Gasteiger partial charge in [0, 0.05) is 25.9 Å². The molecule has 1 N–H and O–H groups in total. The van der Waals surface area contributed by atoms with E-state index in [1.165, 1.54) is 12.1 Å². The molecule has 144 valence electrons. The minimum atomic E-state index is -3.76. The molecule has 1 amide bonds. The summed E-state index contributed by atoms with van der Waals surface area (Å²) in [5, 5.41) is 0. The van der Waals surface area contributed by atoms with Gasteiger partial charge in [0.15, 0.2) is 5.79 Å². The number of nitrogens with zero attached hydrogens (tertiary/aromatic N) is 1. The summed E-state index contributed by atoms with van der Waals surface area (Å²) in [6.07, 6.45) is 1.21. The Morgan fingerprint density at radius 2 is 1.69 bits per heavy atom. The predicted octanol–water partition coefficient (Wildman–Crippen LogP) is 1.36. The molecule has 3 rings (SSSR count). The summed E-state index contributed by atoms with van der Waals surface area (Å²) in [6, 6.07) is 7.30. The van der Waals surface area contributed by atoms with Crippen LogP contribution in [0.25, 0.3) is 0 Å². The van der Waals surface area contributed by atoms with Crippen LogP contribution in [0.5, 0.6) is 0 Å². The molecule has 0 aliphatic carbocycles. The van der Waals surface area contributed by atoms with Crippen LogP contribution in [0, 0.1) is 5.92 Å². The van der Waals surface area contributed by atoms with Crippen molar-refractivity contribution in [2.75, 3.05) is 26.3 Å². The molecule has 2 heterocycles. The average molecular weight is 382 g/mol. The van der Waals surface area contributed by atoms with Gasteiger partial charge in [-0.05, 0) is 18.1 Å². The van der Waals surface area contributed by atoms with Crippen molar-refractivity contribution in [1.29, 1.82) is 0 Å². The lowest BCUT2D eigenvalue weighted by Crippen LogP contribution is -2.55. The number of ether oxygens (including phenoxy) is 2. The molecule has 2 saturated heterocycles. The molecule has 1 aromatic carbocycles. The molecular weight excluding hydrogens is 356 g/mol. The molecule has 0 unspecified atom stereocenters. The zero-order valence-corrected chi connectivity index (χ0v) is 16.0. The van der Waals surface area contributed by atoms with Crippen molar-refractivity contribution in [1.82, 2.24) is 9.62 Å². The van der Waals surface area contributed by atoms with Crippen molar-refractivity contribution in [2.24, 2.45) is 5.92 Å². The van der Waals surface area contributed by atoms with Crippen molar-refractivity contribution in [2.45, 2.75) is 43.4 Å². The maximum Gasteiger partial charge on any atom is 0.241 e. The second-order valence-electron chi connectivity index (χ2n) is 7.09. The normalized spacial score (nSPS) is 21.3. The number of sulfonamides is 1. The van der Waals surface area contributed by atoms with Crippen LogP contribution in [0.3, 0.4) is 0 Å². The first-order chi connectivity index (χ1) is 12.3. The fraction of sp³-hybridized carbons (Fsp3) is 0.611. The maximum atomic E-state index is 13.0. The predicted molar refractivity (Wildman–Crippen MR) is 95.8 cm³/mol. The Labute approximate surface area is 154 Å². The highest BCUT2D eigenvalue weighted by Crippen LogP contribution is 2.31. The molecule has 0 bridgehead atoms. The summed E-state index contributed by atoms with van der Waals surface area (Å²) in [5.41, 5.74) is 0. The van der Waals surface area contributed by atoms with Gasteiger partial charge < -0.3 is 14.4 Å². The van der Waals surface area contributed by atoms with Crippen molar-refractivity contribution in [3.8, 4) is 0 Å². The zero-order valence-electron chi connectivity index (χ0n) is 15.2. The summed E-state index contributed by atoms with van der Waals surface area (Å²) < 4.78 is 39.2. The second kappa shape index (κ2) is 7.64. The van der Waals surface area contributed by atoms with E-state index in [1.807, 2.05) is 13.8 Å². The van der Waals surface area contributed by atoms with Crippen LogP contribution in [0.2, 0.25) is 0 Å². The van der Waals surface area contributed by atoms with E-state index in [0.29, 0.717) is 39.1 Å². The van der Waals surface area contributed by atoms with Crippen LogP contribution < -0.4 is 4.72 Å². The first kappa shape index (κ1) is 19.3. The fourth-order valence-corrected chi connectivity index (χ4v) is 4.72. The number of hydrogen-bond donors (Lipinski definition) is 1. The first-order valence-electron chi connectivity index (χ1n) is 8.97. The highest BCUT2D eigenvalue weighted by Gasteiger charge is 2.42. The molecule has 2 aliphatic heterocycles. The Bertz CT molecular complexity index is 719. The lowest BCUT2D eigenvalue weighted by molar-refractivity contribution is -0.188. The Kier molecular flexibility index (Phi) is 5.67. The van der Waals surface area contributed by atoms with Crippen LogP contribution in [0.1, 0.15) is 26.7 Å². The number of piperidine rings is 1. The van der Waals surface area contributed by atoms with Crippen LogP contribution in [0.4, 0.5) is 0 Å². The first-order valence-corrected chi connectivity index (χ1v) is 10.5. The number of carbonyl (C=O) groups is 1. The van der Waals surface area contributed by atoms with Gasteiger partial charge in [0.2, 0.25) is 15.9 Å². The third-order valence-electron chi connectivity index (χ3n) is 4.92. The maximum absolute atomic E-state index is 13.0. The number of benzene rings is 1. The molecule has 0 radical (unpaired) electrons. The van der Waals surface area contributed by atoms with Crippen molar-refractivity contribution < 1.29 is 22.7 Å². The molecule has 1 aromatic rings. The van der Waals surface area contributed by atoms with Gasteiger partial charge in [-0.3, -0.25) is 4.79 Å². The topological polar surface area (TPSA) is 84.9 Å². The Morgan fingerprint density at radius 3 is 2.23 bits per heavy atom. The van der Waals surface area contributed by atoms with Crippen LogP contribution in [0.15, 0.2) is 35.2 Å². The quantitative estimate of drug-likeness (QED) is 0.831. The molecule has 2 aliphatic rings. The van der Waals surface area contributed by atoms with E-state index in [2.05, 4.69) is 4.72 Å². The van der Waals surface area contributed by atoms with Gasteiger partial charge in [0.1, 0.15) is 6.04 Å². The van der Waals surface area contributed by atoms with Gasteiger partial charge in [-0.25, -0.2) is 8.42 Å². The fourth-order valence-electron chi connectivity index (χ4n) is 3.36. The van der Waals surface area contributed by atoms with Crippen molar-refractivity contribution >= 4 is 15.9 Å². The van der Waals surface area contributed by atoms with Gasteiger partial charge in [-0.2, -0.15) is 4.72 Å². The average Bonchev–Trinajstić information content (AvgIpc) is 3.08. The van der Waals surface area contributed by atoms with Crippen molar-refractivity contribution in [3.63, 3.8) is 0 Å². The van der Waals surface area contributed by atoms with Crippen LogP contribution in [-0.2, 0) is 24.3 Å². The highest BCUT2D eigenvalue weighted by molar-refractivity contribution is 7.89. The molecule has 0 saturated carbocycles. The minimum Gasteiger partial charge on any atom is -0.347 e. The van der Waals surface area contributed by atoms with E-state index in [9.17, 15) is 13.2 Å². The smallest absolute Gasteiger partial charge is 0.241 e. The summed E-state index contributed by atoms with van der Waals surface area (Å²) in [6.45, 7) is 5.83. The summed E-state index contributed by atoms with van der Waals surface area (Å²) in [7, 11) is -3.76. The summed E-state index contributed by atoms with van der Waals surface area (Å²) >= 11 is 0. The van der Waals surface area contributed by atoms with E-state index in [-0.39, 0.29) is 16.7 Å². The third-order valence-corrected chi connectivity index (χ3v) is 6.38. The number of rotatable bonds is 5. The molecule has 8 heteroatoms. The largest absolute Gasteiger partial charge is 0.347 e. The van der Waals surface area contributed by atoms with E-state index in [1.54, 1.807) is 23.1 Å². The van der Waals surface area contributed by atoms with E-state index in [0.717, 1.165) is 0 Å². The van der Waals surface area contributed by atoms with Gasteiger partial charge in [0.25, 0.3) is 0 Å². The second-order valence-corrected chi connectivity index (χ2v) is 8.80. The number of amides is 1. The van der Waals surface area contributed by atoms with E-state index in [4.69, 9.17) is 9.47 Å². The highest BCUT2D eigenvalue weighted by atomic mass is 32.2. The number of carbonyl (C=O) groups excluding carboxylic acids is 1. The molecular formula is C18H26N2O5S. The minimum absolute atomic E-state index is 0.156. The number of hydrogen-bond acceptors (Lipinski definition) is 5. The zero-order chi connectivity index (χ0) is 18.8.